The van der Waals surface area contributed by atoms with Crippen LogP contribution in [0.15, 0.2) is 68.4 Å². The summed E-state index contributed by atoms with van der Waals surface area (Å²) in [4.78, 5) is 29.2. The molecule has 4 rings (SSSR count). The highest BCUT2D eigenvalue weighted by Crippen LogP contribution is 1.99. The smallest absolute Gasteiger partial charge is 0.180 e. The van der Waals surface area contributed by atoms with Gasteiger partial charge < -0.3 is 4.98 Å². The lowest BCUT2D eigenvalue weighted by atomic mass is 10.6. The Kier molecular flexibility index (Phi) is 5.89. The lowest BCUT2D eigenvalue weighted by Crippen LogP contribution is -1.76. The van der Waals surface area contributed by atoms with E-state index in [1.165, 1.54) is 19.0 Å². The van der Waals surface area contributed by atoms with E-state index in [9.17, 15) is 0 Å². The summed E-state index contributed by atoms with van der Waals surface area (Å²) in [5, 5.41) is 0. The minimum Gasteiger partial charge on any atom is -0.342 e. The second-order valence-corrected chi connectivity index (χ2v) is 3.47. The van der Waals surface area contributed by atoms with Crippen molar-refractivity contribution in [3.8, 4) is 0 Å². The number of nitrogens with zero attached hydrogens (tertiary/aromatic N) is 7. The Morgan fingerprint density at radius 2 is 1.29 bits per heavy atom. The molecular formula is C13H12N8. The molecule has 0 aliphatic heterocycles. The van der Waals surface area contributed by atoms with Crippen molar-refractivity contribution in [2.75, 3.05) is 0 Å². The van der Waals surface area contributed by atoms with Gasteiger partial charge >= 0.3 is 0 Å². The Labute approximate surface area is 120 Å². The standard InChI is InChI=1S/C5H4N4.2C4H4N2/c1-4-5(8-2-6-1)9-3-7-4;2*1-2-5-4-6-3-1/h1-3H,(H,6,7,8,9);2*1-4H. The van der Waals surface area contributed by atoms with E-state index >= 15 is 0 Å². The van der Waals surface area contributed by atoms with E-state index in [0.29, 0.717) is 5.65 Å². The summed E-state index contributed by atoms with van der Waals surface area (Å²) in [7, 11) is 0. The van der Waals surface area contributed by atoms with Crippen LogP contribution in [0.5, 0.6) is 0 Å². The van der Waals surface area contributed by atoms with E-state index < -0.39 is 0 Å². The van der Waals surface area contributed by atoms with Gasteiger partial charge in [-0.15, -0.1) is 0 Å². The second kappa shape index (κ2) is 8.75. The van der Waals surface area contributed by atoms with Crippen LogP contribution in [0.1, 0.15) is 0 Å². The molecular weight excluding hydrogens is 268 g/mol. The number of hydrogen-bond donors (Lipinski definition) is 1. The number of hydrogen-bond acceptors (Lipinski definition) is 7. The SMILES string of the molecule is c1cncnc1.c1cncnc1.c1ncc2[nH]cnc2n1. The van der Waals surface area contributed by atoms with Gasteiger partial charge in [0.05, 0.1) is 12.5 Å². The third kappa shape index (κ3) is 5.47. The lowest BCUT2D eigenvalue weighted by molar-refractivity contribution is 1.17. The molecule has 0 unspecified atom stereocenters. The van der Waals surface area contributed by atoms with Crippen LogP contribution in [0, 0.1) is 0 Å². The molecule has 0 amide bonds. The number of imidazole rings is 1. The molecule has 0 spiro atoms. The predicted octanol–water partition coefficient (Wildman–Crippen LogP) is 1.31. The van der Waals surface area contributed by atoms with Crippen molar-refractivity contribution in [1.82, 2.24) is 39.9 Å². The number of aromatic amines is 1. The molecule has 0 saturated carbocycles. The van der Waals surface area contributed by atoms with Crippen molar-refractivity contribution >= 4 is 11.2 Å². The van der Waals surface area contributed by atoms with Gasteiger partial charge in [0.25, 0.3) is 0 Å². The first-order chi connectivity index (χ1) is 10.5. The molecule has 0 aliphatic carbocycles. The summed E-state index contributed by atoms with van der Waals surface area (Å²) in [6.07, 6.45) is 14.5. The maximum absolute atomic E-state index is 3.91. The van der Waals surface area contributed by atoms with Gasteiger partial charge in [0.1, 0.15) is 24.5 Å². The Morgan fingerprint density at radius 1 is 0.667 bits per heavy atom. The minimum atomic E-state index is 0.713. The van der Waals surface area contributed by atoms with Crippen LogP contribution >= 0.6 is 0 Å². The number of nitrogens with one attached hydrogen (secondary N) is 1. The zero-order valence-electron chi connectivity index (χ0n) is 11.0. The summed E-state index contributed by atoms with van der Waals surface area (Å²) in [6.45, 7) is 0. The van der Waals surface area contributed by atoms with Crippen LogP contribution in [0.25, 0.3) is 11.2 Å². The molecule has 0 saturated heterocycles. The number of H-pyrrole nitrogens is 1. The number of rotatable bonds is 0. The highest BCUT2D eigenvalue weighted by atomic mass is 15.0. The largest absolute Gasteiger partial charge is 0.342 e. The highest BCUT2D eigenvalue weighted by Gasteiger charge is 1.91. The van der Waals surface area contributed by atoms with Crippen LogP contribution in [0.4, 0.5) is 0 Å². The Balaban J connectivity index is 0.000000120. The minimum absolute atomic E-state index is 0.713. The Morgan fingerprint density at radius 3 is 1.71 bits per heavy atom. The molecule has 104 valence electrons. The summed E-state index contributed by atoms with van der Waals surface area (Å²) in [6, 6.07) is 3.56. The quantitative estimate of drug-likeness (QED) is 0.517. The van der Waals surface area contributed by atoms with E-state index in [4.69, 9.17) is 0 Å². The molecule has 0 bridgehead atoms. The van der Waals surface area contributed by atoms with Crippen LogP contribution in [-0.2, 0) is 0 Å². The van der Waals surface area contributed by atoms with Gasteiger partial charge in [-0.25, -0.2) is 34.9 Å². The fourth-order valence-corrected chi connectivity index (χ4v) is 1.20. The van der Waals surface area contributed by atoms with Gasteiger partial charge in [0, 0.05) is 24.8 Å². The first-order valence-electron chi connectivity index (χ1n) is 5.96. The first kappa shape index (κ1) is 14.1. The highest BCUT2D eigenvalue weighted by molar-refractivity contribution is 5.67. The van der Waals surface area contributed by atoms with Crippen molar-refractivity contribution in [2.24, 2.45) is 0 Å². The van der Waals surface area contributed by atoms with Crippen molar-refractivity contribution in [3.63, 3.8) is 0 Å². The second-order valence-electron chi connectivity index (χ2n) is 3.47. The van der Waals surface area contributed by atoms with Gasteiger partial charge in [-0.05, 0) is 12.1 Å². The molecule has 0 aromatic carbocycles. The van der Waals surface area contributed by atoms with Crippen LogP contribution in [-0.4, -0.2) is 39.9 Å². The maximum Gasteiger partial charge on any atom is 0.180 e. The third-order valence-corrected chi connectivity index (χ3v) is 2.05. The van der Waals surface area contributed by atoms with Crippen LogP contribution in [0.3, 0.4) is 0 Å². The van der Waals surface area contributed by atoms with Gasteiger partial charge in [-0.1, -0.05) is 0 Å². The normalized spacial score (nSPS) is 8.95. The van der Waals surface area contributed by atoms with Gasteiger partial charge in [-0.2, -0.15) is 0 Å². The molecule has 8 heteroatoms. The van der Waals surface area contributed by atoms with Crippen molar-refractivity contribution in [3.05, 3.63) is 68.4 Å². The summed E-state index contributed by atoms with van der Waals surface area (Å²) in [5.41, 5.74) is 1.59. The maximum atomic E-state index is 3.91. The van der Waals surface area contributed by atoms with Gasteiger partial charge in [-0.3, -0.25) is 0 Å². The average Bonchev–Trinajstić information content (AvgIpc) is 3.08. The molecule has 1 N–H and O–H groups in total. The molecule has 0 fully saturated rings. The molecule has 21 heavy (non-hydrogen) atoms. The Hall–Kier alpha value is -3.29. The zero-order valence-corrected chi connectivity index (χ0v) is 11.0. The Bertz CT molecular complexity index is 599. The summed E-state index contributed by atoms with van der Waals surface area (Å²) in [5.74, 6) is 0. The van der Waals surface area contributed by atoms with E-state index in [-0.39, 0.29) is 0 Å². The van der Waals surface area contributed by atoms with Gasteiger partial charge in [0.15, 0.2) is 5.65 Å². The fraction of sp³-hybridized carbons (Fsp3) is 0. The van der Waals surface area contributed by atoms with E-state index in [0.717, 1.165) is 5.52 Å². The van der Waals surface area contributed by atoms with Crippen molar-refractivity contribution in [1.29, 1.82) is 0 Å². The molecule has 0 atom stereocenters. The topological polar surface area (TPSA) is 106 Å². The van der Waals surface area contributed by atoms with Crippen LogP contribution < -0.4 is 0 Å². The molecule has 4 aromatic rings. The first-order valence-corrected chi connectivity index (χ1v) is 5.96. The zero-order chi connectivity index (χ0) is 14.6. The third-order valence-electron chi connectivity index (χ3n) is 2.05. The monoisotopic (exact) mass is 280 g/mol. The van der Waals surface area contributed by atoms with Crippen molar-refractivity contribution in [2.45, 2.75) is 0 Å². The van der Waals surface area contributed by atoms with E-state index in [1.54, 1.807) is 49.4 Å². The van der Waals surface area contributed by atoms with Gasteiger partial charge in [0.2, 0.25) is 0 Å². The molecule has 4 aromatic heterocycles. The molecule has 0 radical (unpaired) electrons. The summed E-state index contributed by atoms with van der Waals surface area (Å²) < 4.78 is 0. The molecule has 8 nitrogen and oxygen atoms in total. The number of aromatic nitrogens is 8. The van der Waals surface area contributed by atoms with E-state index in [1.807, 2.05) is 0 Å². The average molecular weight is 280 g/mol. The van der Waals surface area contributed by atoms with Crippen LogP contribution in [0.2, 0.25) is 0 Å². The summed E-state index contributed by atoms with van der Waals surface area (Å²) >= 11 is 0. The lowest BCUT2D eigenvalue weighted by Gasteiger charge is -1.80. The molecule has 0 aliphatic rings. The van der Waals surface area contributed by atoms with Crippen molar-refractivity contribution < 1.29 is 0 Å². The van der Waals surface area contributed by atoms with E-state index in [2.05, 4.69) is 39.9 Å². The fourth-order valence-electron chi connectivity index (χ4n) is 1.20. The number of fused-ring (bicyclic) bond motifs is 1. The molecule has 4 heterocycles. The predicted molar refractivity (Wildman–Crippen MR) is 75.7 cm³/mol.